The summed E-state index contributed by atoms with van der Waals surface area (Å²) in [6.07, 6.45) is 0. The summed E-state index contributed by atoms with van der Waals surface area (Å²) in [5.74, 6) is 0. The summed E-state index contributed by atoms with van der Waals surface area (Å²) >= 11 is 1.88. The van der Waals surface area contributed by atoms with Crippen LogP contribution < -0.4 is 0 Å². The zero-order valence-corrected chi connectivity index (χ0v) is 25.8. The molecule has 0 atom stereocenters. The zero-order valence-electron chi connectivity index (χ0n) is 24.9. The van der Waals surface area contributed by atoms with Gasteiger partial charge >= 0.3 is 0 Å². The van der Waals surface area contributed by atoms with Gasteiger partial charge in [-0.2, -0.15) is 0 Å². The van der Waals surface area contributed by atoms with Crippen LogP contribution in [-0.2, 0) is 0 Å². The SMILES string of the molecule is c1ccc(-n2c3ccc(-c4cccc(-c5ccc6c7c(cccc57)-c5ccccc5S6)c4)cc3c3c4ccccc4ccc32)cc1. The molecule has 1 aliphatic rings. The maximum absolute atomic E-state index is 2.41. The molecule has 9 aromatic rings. The number of fused-ring (bicyclic) bond motifs is 7. The predicted octanol–water partition coefficient (Wildman–Crippen LogP) is 12.6. The van der Waals surface area contributed by atoms with Crippen molar-refractivity contribution in [2.75, 3.05) is 0 Å². The number of rotatable bonds is 3. The highest BCUT2D eigenvalue weighted by atomic mass is 32.2. The molecule has 0 aliphatic carbocycles. The summed E-state index contributed by atoms with van der Waals surface area (Å²) < 4.78 is 2.41. The molecule has 0 saturated carbocycles. The highest BCUT2D eigenvalue weighted by Crippen LogP contribution is 2.49. The fourth-order valence-corrected chi connectivity index (χ4v) is 8.65. The number of hydrogen-bond acceptors (Lipinski definition) is 1. The number of aromatic nitrogens is 1. The Morgan fingerprint density at radius 2 is 1.11 bits per heavy atom. The van der Waals surface area contributed by atoms with Crippen molar-refractivity contribution < 1.29 is 0 Å². The molecule has 0 bridgehead atoms. The summed E-state index contributed by atoms with van der Waals surface area (Å²) in [5, 5.41) is 7.79. The Kier molecular flexibility index (Phi) is 5.58. The van der Waals surface area contributed by atoms with Gasteiger partial charge in [-0.25, -0.2) is 0 Å². The first kappa shape index (κ1) is 25.7. The van der Waals surface area contributed by atoms with Gasteiger partial charge in [-0.05, 0) is 98.1 Å². The van der Waals surface area contributed by atoms with Gasteiger partial charge in [-0.15, -0.1) is 0 Å². The molecule has 0 fully saturated rings. The third-order valence-electron chi connectivity index (χ3n) is 9.58. The maximum Gasteiger partial charge on any atom is 0.0547 e. The van der Waals surface area contributed by atoms with Gasteiger partial charge < -0.3 is 4.57 Å². The number of hydrogen-bond donors (Lipinski definition) is 0. The van der Waals surface area contributed by atoms with E-state index in [4.69, 9.17) is 0 Å². The van der Waals surface area contributed by atoms with E-state index < -0.39 is 0 Å². The summed E-state index contributed by atoms with van der Waals surface area (Å²) in [4.78, 5) is 2.66. The summed E-state index contributed by atoms with van der Waals surface area (Å²) in [5.41, 5.74) is 11.2. The van der Waals surface area contributed by atoms with Crippen LogP contribution >= 0.6 is 11.8 Å². The average molecular weight is 602 g/mol. The molecule has 1 nitrogen and oxygen atoms in total. The molecule has 46 heavy (non-hydrogen) atoms. The second kappa shape index (κ2) is 9.97. The molecule has 214 valence electrons. The minimum Gasteiger partial charge on any atom is -0.309 e. The van der Waals surface area contributed by atoms with Crippen LogP contribution in [0.3, 0.4) is 0 Å². The zero-order chi connectivity index (χ0) is 30.2. The van der Waals surface area contributed by atoms with Crippen molar-refractivity contribution in [3.05, 3.63) is 164 Å². The minimum absolute atomic E-state index is 1.18. The molecule has 0 radical (unpaired) electrons. The highest BCUT2D eigenvalue weighted by molar-refractivity contribution is 7.99. The summed E-state index contributed by atoms with van der Waals surface area (Å²) in [6, 6.07) is 60.2. The van der Waals surface area contributed by atoms with Crippen molar-refractivity contribution in [2.45, 2.75) is 9.79 Å². The van der Waals surface area contributed by atoms with Crippen molar-refractivity contribution in [1.82, 2.24) is 4.57 Å². The van der Waals surface area contributed by atoms with Crippen molar-refractivity contribution >= 4 is 55.1 Å². The molecule has 0 saturated heterocycles. The third kappa shape index (κ3) is 3.77. The molecule has 0 N–H and O–H groups in total. The van der Waals surface area contributed by atoms with E-state index in [2.05, 4.69) is 168 Å². The second-order valence-electron chi connectivity index (χ2n) is 12.1. The average Bonchev–Trinajstić information content (AvgIpc) is 3.46. The molecule has 8 aromatic carbocycles. The molecule has 10 rings (SSSR count). The van der Waals surface area contributed by atoms with Crippen molar-refractivity contribution in [1.29, 1.82) is 0 Å². The van der Waals surface area contributed by atoms with Crippen molar-refractivity contribution in [3.8, 4) is 39.1 Å². The lowest BCUT2D eigenvalue weighted by Crippen LogP contribution is -1.94. The Morgan fingerprint density at radius 1 is 0.370 bits per heavy atom. The van der Waals surface area contributed by atoms with Crippen LogP contribution in [0.1, 0.15) is 0 Å². The molecular weight excluding hydrogens is 575 g/mol. The minimum atomic E-state index is 1.18. The smallest absolute Gasteiger partial charge is 0.0547 e. The van der Waals surface area contributed by atoms with E-state index in [9.17, 15) is 0 Å². The monoisotopic (exact) mass is 601 g/mol. The lowest BCUT2D eigenvalue weighted by molar-refractivity contribution is 1.18. The molecule has 0 unspecified atom stereocenters. The first-order valence-electron chi connectivity index (χ1n) is 15.8. The van der Waals surface area contributed by atoms with E-state index in [1.54, 1.807) is 0 Å². The molecular formula is C44H27NS. The Balaban J connectivity index is 1.17. The van der Waals surface area contributed by atoms with Crippen LogP contribution in [0.4, 0.5) is 0 Å². The number of para-hydroxylation sites is 1. The third-order valence-corrected chi connectivity index (χ3v) is 10.7. The standard InChI is InChI=1S/C44H27NS/c1-2-13-32(14-3-1)45-39-23-21-30(27-38(39)43-34-15-5-4-10-28(34)20-24-40(43)45)29-11-8-12-31(26-29)33-22-25-42-44-36(33)17-9-18-37(44)35-16-6-7-19-41(35)46-42/h1-27H. The second-order valence-corrected chi connectivity index (χ2v) is 13.2. The quantitative estimate of drug-likeness (QED) is 0.195. The van der Waals surface area contributed by atoms with Gasteiger partial charge in [0.15, 0.2) is 0 Å². The molecule has 0 amide bonds. The van der Waals surface area contributed by atoms with Crippen molar-refractivity contribution in [3.63, 3.8) is 0 Å². The van der Waals surface area contributed by atoms with E-state index in [-0.39, 0.29) is 0 Å². The first-order valence-corrected chi connectivity index (χ1v) is 16.6. The number of nitrogens with zero attached hydrogens (tertiary/aromatic N) is 1. The topological polar surface area (TPSA) is 4.93 Å². The normalized spacial score (nSPS) is 12.3. The molecule has 1 aliphatic heterocycles. The molecule has 1 aromatic heterocycles. The lowest BCUT2D eigenvalue weighted by Gasteiger charge is -2.21. The van der Waals surface area contributed by atoms with Gasteiger partial charge in [0, 0.05) is 31.6 Å². The predicted molar refractivity (Wildman–Crippen MR) is 196 cm³/mol. The van der Waals surface area contributed by atoms with Crippen LogP contribution in [0.2, 0.25) is 0 Å². The van der Waals surface area contributed by atoms with E-state index >= 15 is 0 Å². The number of benzene rings is 8. The van der Waals surface area contributed by atoms with Crippen LogP contribution in [0.25, 0.3) is 82.4 Å². The van der Waals surface area contributed by atoms with E-state index in [1.807, 2.05) is 11.8 Å². The fourth-order valence-electron chi connectivity index (χ4n) is 7.52. The maximum atomic E-state index is 2.41. The van der Waals surface area contributed by atoms with Crippen LogP contribution in [0, 0.1) is 0 Å². The van der Waals surface area contributed by atoms with Gasteiger partial charge in [-0.1, -0.05) is 127 Å². The van der Waals surface area contributed by atoms with Gasteiger partial charge in [-0.3, -0.25) is 0 Å². The van der Waals surface area contributed by atoms with Crippen LogP contribution in [-0.4, -0.2) is 4.57 Å². The first-order chi connectivity index (χ1) is 22.8. The van der Waals surface area contributed by atoms with Crippen LogP contribution in [0.5, 0.6) is 0 Å². The van der Waals surface area contributed by atoms with E-state index in [0.29, 0.717) is 0 Å². The fraction of sp³-hybridized carbons (Fsp3) is 0. The lowest BCUT2D eigenvalue weighted by atomic mass is 9.91. The summed E-state index contributed by atoms with van der Waals surface area (Å²) in [6.45, 7) is 0. The van der Waals surface area contributed by atoms with Gasteiger partial charge in [0.2, 0.25) is 0 Å². The van der Waals surface area contributed by atoms with E-state index in [1.165, 1.54) is 92.2 Å². The Labute approximate surface area is 271 Å². The van der Waals surface area contributed by atoms with E-state index in [0.717, 1.165) is 0 Å². The largest absolute Gasteiger partial charge is 0.309 e. The summed E-state index contributed by atoms with van der Waals surface area (Å²) in [7, 11) is 0. The van der Waals surface area contributed by atoms with Gasteiger partial charge in [0.1, 0.15) is 0 Å². The molecule has 0 spiro atoms. The van der Waals surface area contributed by atoms with Gasteiger partial charge in [0.05, 0.1) is 11.0 Å². The van der Waals surface area contributed by atoms with Gasteiger partial charge in [0.25, 0.3) is 0 Å². The molecule has 2 heteroatoms. The van der Waals surface area contributed by atoms with Crippen molar-refractivity contribution in [2.24, 2.45) is 0 Å². The Morgan fingerprint density at radius 3 is 2.07 bits per heavy atom. The molecule has 2 heterocycles. The Bertz CT molecular complexity index is 2660. The Hall–Kier alpha value is -5.57. The van der Waals surface area contributed by atoms with Crippen LogP contribution in [0.15, 0.2) is 174 Å². The highest BCUT2D eigenvalue weighted by Gasteiger charge is 2.21.